The van der Waals surface area contributed by atoms with Crippen LogP contribution in [0, 0.1) is 0 Å². The summed E-state index contributed by atoms with van der Waals surface area (Å²) in [6.45, 7) is 0. The average molecular weight is 360 g/mol. The zero-order valence-electron chi connectivity index (χ0n) is 11.5. The van der Waals surface area contributed by atoms with E-state index < -0.39 is 15.6 Å². The molecule has 0 fully saturated rings. The van der Waals surface area contributed by atoms with Crippen molar-refractivity contribution in [3.8, 4) is 0 Å². The largest absolute Gasteiger partial charge is 0.524 e. The number of benzene rings is 2. The molecule has 0 saturated heterocycles. The summed E-state index contributed by atoms with van der Waals surface area (Å²) in [5.41, 5.74) is -3.46. The van der Waals surface area contributed by atoms with Gasteiger partial charge < -0.3 is 0 Å². The maximum Gasteiger partial charge on any atom is 0.524 e. The number of alkyl halides is 3. The van der Waals surface area contributed by atoms with Crippen LogP contribution in [0.5, 0.6) is 0 Å². The van der Waals surface area contributed by atoms with Crippen molar-refractivity contribution >= 4 is 27.7 Å². The molecule has 0 aliphatic heterocycles. The number of hydrogen-bond acceptors (Lipinski definition) is 4. The van der Waals surface area contributed by atoms with Crippen LogP contribution in [-0.2, 0) is 13.7 Å². The van der Waals surface area contributed by atoms with Gasteiger partial charge in [0.15, 0.2) is 0 Å². The van der Waals surface area contributed by atoms with E-state index in [-0.39, 0.29) is 12.0 Å². The molecule has 122 valence electrons. The standard InChI is InChI=1S/C15H11F3O3S2/c16-15(17,18)23(19,20)21-22-11-14(12-7-3-1-4-8-12)13-9-5-2-6-10-13/h1-11H. The first kappa shape index (κ1) is 17.6. The van der Waals surface area contributed by atoms with Gasteiger partial charge in [0, 0.05) is 17.5 Å². The highest BCUT2D eigenvalue weighted by atomic mass is 32.3. The lowest BCUT2D eigenvalue weighted by molar-refractivity contribution is -0.0493. The number of hydrogen-bond donors (Lipinski definition) is 0. The molecule has 2 aromatic carbocycles. The van der Waals surface area contributed by atoms with E-state index in [1.165, 1.54) is 5.41 Å². The molecule has 0 bridgehead atoms. The van der Waals surface area contributed by atoms with E-state index in [4.69, 9.17) is 0 Å². The molecule has 0 atom stereocenters. The van der Waals surface area contributed by atoms with Crippen molar-refractivity contribution in [3.63, 3.8) is 0 Å². The fraction of sp³-hybridized carbons (Fsp3) is 0.0667. The molecule has 0 radical (unpaired) electrons. The van der Waals surface area contributed by atoms with Gasteiger partial charge in [0.05, 0.1) is 0 Å². The van der Waals surface area contributed by atoms with E-state index in [2.05, 4.69) is 3.63 Å². The summed E-state index contributed by atoms with van der Waals surface area (Å²) in [6.07, 6.45) is 0. The molecular formula is C15H11F3O3S2. The van der Waals surface area contributed by atoms with Gasteiger partial charge in [-0.15, -0.1) is 0 Å². The van der Waals surface area contributed by atoms with E-state index in [9.17, 15) is 21.6 Å². The lowest BCUT2D eigenvalue weighted by atomic mass is 10.00. The van der Waals surface area contributed by atoms with Crippen molar-refractivity contribution in [2.24, 2.45) is 0 Å². The summed E-state index contributed by atoms with van der Waals surface area (Å²) in [5, 5.41) is 1.23. The molecular weight excluding hydrogens is 349 g/mol. The molecule has 0 spiro atoms. The zero-order chi connectivity index (χ0) is 16.9. The first-order chi connectivity index (χ1) is 10.8. The van der Waals surface area contributed by atoms with Gasteiger partial charge >= 0.3 is 15.6 Å². The lowest BCUT2D eigenvalue weighted by Gasteiger charge is -2.09. The van der Waals surface area contributed by atoms with Crippen LogP contribution in [0.3, 0.4) is 0 Å². The van der Waals surface area contributed by atoms with Crippen molar-refractivity contribution in [3.05, 3.63) is 77.2 Å². The van der Waals surface area contributed by atoms with Gasteiger partial charge in [0.2, 0.25) is 0 Å². The predicted octanol–water partition coefficient (Wildman–Crippen LogP) is 4.59. The molecule has 0 aliphatic rings. The van der Waals surface area contributed by atoms with Gasteiger partial charge in [0.1, 0.15) is 0 Å². The molecule has 0 heterocycles. The summed E-state index contributed by atoms with van der Waals surface area (Å²) in [5.74, 6) is 0. The quantitative estimate of drug-likeness (QED) is 0.578. The second-order valence-corrected chi connectivity index (χ2v) is 6.67. The molecule has 0 unspecified atom stereocenters. The van der Waals surface area contributed by atoms with E-state index >= 15 is 0 Å². The summed E-state index contributed by atoms with van der Waals surface area (Å²) in [6, 6.07) is 17.7. The van der Waals surface area contributed by atoms with Crippen molar-refractivity contribution in [2.45, 2.75) is 5.51 Å². The van der Waals surface area contributed by atoms with Gasteiger partial charge in [-0.1, -0.05) is 60.7 Å². The number of rotatable bonds is 5. The minimum Gasteiger partial charge on any atom is -0.189 e. The van der Waals surface area contributed by atoms with Crippen LogP contribution in [0.1, 0.15) is 11.1 Å². The minimum atomic E-state index is -5.64. The van der Waals surface area contributed by atoms with Gasteiger partial charge in [-0.25, -0.2) is 0 Å². The molecule has 0 saturated carbocycles. The average Bonchev–Trinajstić information content (AvgIpc) is 2.52. The summed E-state index contributed by atoms with van der Waals surface area (Å²) < 4.78 is 62.5. The van der Waals surface area contributed by atoms with Crippen LogP contribution in [0.15, 0.2) is 66.1 Å². The molecule has 2 aromatic rings. The van der Waals surface area contributed by atoms with Gasteiger partial charge in [-0.05, 0) is 16.7 Å². The van der Waals surface area contributed by atoms with Gasteiger partial charge in [-0.2, -0.15) is 25.2 Å². The lowest BCUT2D eigenvalue weighted by Crippen LogP contribution is -2.23. The molecule has 0 aromatic heterocycles. The molecule has 8 heteroatoms. The Labute approximate surface area is 136 Å². The topological polar surface area (TPSA) is 43.4 Å². The van der Waals surface area contributed by atoms with Crippen molar-refractivity contribution < 1.29 is 25.2 Å². The van der Waals surface area contributed by atoms with Crippen LogP contribution < -0.4 is 0 Å². The molecule has 0 N–H and O–H groups in total. The zero-order valence-corrected chi connectivity index (χ0v) is 13.2. The van der Waals surface area contributed by atoms with E-state index in [1.807, 2.05) is 0 Å². The predicted molar refractivity (Wildman–Crippen MR) is 83.6 cm³/mol. The van der Waals surface area contributed by atoms with Crippen molar-refractivity contribution in [1.82, 2.24) is 0 Å². The highest BCUT2D eigenvalue weighted by Gasteiger charge is 2.47. The molecule has 2 rings (SSSR count). The van der Waals surface area contributed by atoms with Crippen molar-refractivity contribution in [1.29, 1.82) is 0 Å². The van der Waals surface area contributed by atoms with Crippen molar-refractivity contribution in [2.75, 3.05) is 0 Å². The first-order valence-electron chi connectivity index (χ1n) is 6.28. The second kappa shape index (κ2) is 7.20. The molecule has 3 nitrogen and oxygen atoms in total. The smallest absolute Gasteiger partial charge is 0.189 e. The minimum absolute atomic E-state index is 0.115. The van der Waals surface area contributed by atoms with Crippen LogP contribution in [-0.4, -0.2) is 13.9 Å². The summed E-state index contributed by atoms with van der Waals surface area (Å²) in [4.78, 5) is 0. The Morgan fingerprint density at radius 3 is 1.74 bits per heavy atom. The highest BCUT2D eigenvalue weighted by Crippen LogP contribution is 2.31. The van der Waals surface area contributed by atoms with Crippen LogP contribution >= 0.6 is 12.0 Å². The Hall–Kier alpha value is -1.77. The Kier molecular flexibility index (Phi) is 5.51. The summed E-state index contributed by atoms with van der Waals surface area (Å²) in [7, 11) is -5.64. The monoisotopic (exact) mass is 360 g/mol. The van der Waals surface area contributed by atoms with E-state index in [1.54, 1.807) is 60.7 Å². The number of halogens is 3. The van der Waals surface area contributed by atoms with E-state index in [0.29, 0.717) is 5.57 Å². The van der Waals surface area contributed by atoms with E-state index in [0.717, 1.165) is 11.1 Å². The Balaban J connectivity index is 2.29. The second-order valence-electron chi connectivity index (χ2n) is 4.33. The third-order valence-electron chi connectivity index (χ3n) is 2.75. The first-order valence-corrected chi connectivity index (χ1v) is 8.50. The fourth-order valence-corrected chi connectivity index (χ4v) is 2.94. The Bertz CT molecular complexity index is 729. The molecule has 0 aliphatic carbocycles. The van der Waals surface area contributed by atoms with Crippen LogP contribution in [0.2, 0.25) is 0 Å². The highest BCUT2D eigenvalue weighted by molar-refractivity contribution is 8.06. The van der Waals surface area contributed by atoms with Crippen LogP contribution in [0.4, 0.5) is 13.2 Å². The van der Waals surface area contributed by atoms with Gasteiger partial charge in [0.25, 0.3) is 0 Å². The van der Waals surface area contributed by atoms with Crippen LogP contribution in [0.25, 0.3) is 5.57 Å². The Morgan fingerprint density at radius 2 is 1.35 bits per heavy atom. The third kappa shape index (κ3) is 4.60. The fourth-order valence-electron chi connectivity index (χ4n) is 1.70. The normalized spacial score (nSPS) is 12.0. The maximum absolute atomic E-state index is 12.3. The summed E-state index contributed by atoms with van der Waals surface area (Å²) >= 11 is 0.115. The molecule has 0 amide bonds. The molecule has 23 heavy (non-hydrogen) atoms. The van der Waals surface area contributed by atoms with Gasteiger partial charge in [-0.3, -0.25) is 0 Å². The SMILES string of the molecule is O=S(=O)(OSC=C(c1ccccc1)c1ccccc1)C(F)(F)F. The third-order valence-corrected chi connectivity index (χ3v) is 4.68. The maximum atomic E-state index is 12.3. The Morgan fingerprint density at radius 1 is 0.913 bits per heavy atom.